The first-order valence-corrected chi connectivity index (χ1v) is 8.67. The van der Waals surface area contributed by atoms with Gasteiger partial charge >= 0.3 is 0 Å². The third-order valence-electron chi connectivity index (χ3n) is 4.58. The quantitative estimate of drug-likeness (QED) is 0.891. The number of anilines is 1. The van der Waals surface area contributed by atoms with Crippen molar-refractivity contribution in [2.24, 2.45) is 5.92 Å². The number of aromatic nitrogens is 2. The standard InChI is InChI=1S/C18H26N4O/c1-3-7-13(2)19-17(23)14-8-6-11-22(12-14)18-20-15-9-4-5-10-16(15)21-18/h4-5,9-10,13-14H,3,6-8,11-12H2,1-2H3,(H,19,23)(H,20,21). The van der Waals surface area contributed by atoms with Gasteiger partial charge in [0.2, 0.25) is 11.9 Å². The number of H-pyrrole nitrogens is 1. The Morgan fingerprint density at radius 2 is 2.30 bits per heavy atom. The molecule has 2 aromatic rings. The number of rotatable bonds is 5. The lowest BCUT2D eigenvalue weighted by Gasteiger charge is -2.32. The Kier molecular flexibility index (Phi) is 4.84. The van der Waals surface area contributed by atoms with Gasteiger partial charge in [0.25, 0.3) is 0 Å². The van der Waals surface area contributed by atoms with Crippen molar-refractivity contribution >= 4 is 22.9 Å². The Hall–Kier alpha value is -2.04. The van der Waals surface area contributed by atoms with Crippen LogP contribution in [0.5, 0.6) is 0 Å². The molecule has 2 unspecified atom stereocenters. The van der Waals surface area contributed by atoms with Crippen LogP contribution in [0.25, 0.3) is 11.0 Å². The number of para-hydroxylation sites is 2. The van der Waals surface area contributed by atoms with Crippen molar-refractivity contribution in [2.45, 2.75) is 45.6 Å². The smallest absolute Gasteiger partial charge is 0.225 e. The number of amides is 1. The Morgan fingerprint density at radius 3 is 3.09 bits per heavy atom. The van der Waals surface area contributed by atoms with Gasteiger partial charge in [0.1, 0.15) is 0 Å². The molecule has 2 atom stereocenters. The number of carbonyl (C=O) groups is 1. The van der Waals surface area contributed by atoms with Gasteiger partial charge in [-0.15, -0.1) is 0 Å². The normalized spacial score (nSPS) is 19.7. The highest BCUT2D eigenvalue weighted by Crippen LogP contribution is 2.23. The van der Waals surface area contributed by atoms with Crippen LogP contribution in [0, 0.1) is 5.92 Å². The molecule has 1 amide bonds. The fourth-order valence-electron chi connectivity index (χ4n) is 3.34. The second kappa shape index (κ2) is 7.02. The van der Waals surface area contributed by atoms with Crippen molar-refractivity contribution in [3.63, 3.8) is 0 Å². The van der Waals surface area contributed by atoms with E-state index >= 15 is 0 Å². The number of carbonyl (C=O) groups excluding carboxylic acids is 1. The minimum absolute atomic E-state index is 0.0521. The van der Waals surface area contributed by atoms with Crippen molar-refractivity contribution in [2.75, 3.05) is 18.0 Å². The van der Waals surface area contributed by atoms with Crippen molar-refractivity contribution in [3.05, 3.63) is 24.3 Å². The third-order valence-corrected chi connectivity index (χ3v) is 4.58. The topological polar surface area (TPSA) is 61.0 Å². The summed E-state index contributed by atoms with van der Waals surface area (Å²) >= 11 is 0. The second-order valence-electron chi connectivity index (χ2n) is 6.56. The summed E-state index contributed by atoms with van der Waals surface area (Å²) in [5.41, 5.74) is 2.02. The van der Waals surface area contributed by atoms with E-state index in [-0.39, 0.29) is 17.9 Å². The number of hydrogen-bond acceptors (Lipinski definition) is 3. The van der Waals surface area contributed by atoms with Gasteiger partial charge in [-0.05, 0) is 38.3 Å². The average Bonchev–Trinajstić information content (AvgIpc) is 2.99. The number of benzene rings is 1. The van der Waals surface area contributed by atoms with E-state index in [9.17, 15) is 4.79 Å². The molecular weight excluding hydrogens is 288 g/mol. The molecule has 1 aromatic carbocycles. The van der Waals surface area contributed by atoms with E-state index in [0.717, 1.165) is 55.8 Å². The molecule has 1 saturated heterocycles. The molecule has 124 valence electrons. The molecule has 0 radical (unpaired) electrons. The first-order chi connectivity index (χ1) is 11.2. The molecule has 1 aromatic heterocycles. The molecule has 2 N–H and O–H groups in total. The van der Waals surface area contributed by atoms with Crippen molar-refractivity contribution in [3.8, 4) is 0 Å². The summed E-state index contributed by atoms with van der Waals surface area (Å²) in [5, 5.41) is 3.15. The van der Waals surface area contributed by atoms with Gasteiger partial charge in [0, 0.05) is 19.1 Å². The first-order valence-electron chi connectivity index (χ1n) is 8.67. The molecule has 2 heterocycles. The van der Waals surface area contributed by atoms with Gasteiger partial charge in [-0.25, -0.2) is 4.98 Å². The van der Waals surface area contributed by atoms with Gasteiger partial charge in [-0.2, -0.15) is 0 Å². The number of nitrogens with zero attached hydrogens (tertiary/aromatic N) is 2. The monoisotopic (exact) mass is 314 g/mol. The summed E-state index contributed by atoms with van der Waals surface area (Å²) in [5.74, 6) is 1.12. The van der Waals surface area contributed by atoms with E-state index in [1.165, 1.54) is 0 Å². The largest absolute Gasteiger partial charge is 0.353 e. The number of nitrogens with one attached hydrogen (secondary N) is 2. The van der Waals surface area contributed by atoms with Crippen LogP contribution in [0.3, 0.4) is 0 Å². The van der Waals surface area contributed by atoms with Crippen LogP contribution in [0.4, 0.5) is 5.95 Å². The van der Waals surface area contributed by atoms with Gasteiger partial charge in [0.15, 0.2) is 0 Å². The Balaban J connectivity index is 1.66. The molecule has 1 fully saturated rings. The average molecular weight is 314 g/mol. The van der Waals surface area contributed by atoms with E-state index in [4.69, 9.17) is 0 Å². The van der Waals surface area contributed by atoms with E-state index in [2.05, 4.69) is 34.0 Å². The number of aromatic amines is 1. The lowest BCUT2D eigenvalue weighted by atomic mass is 9.97. The van der Waals surface area contributed by atoms with Crippen molar-refractivity contribution in [1.29, 1.82) is 0 Å². The summed E-state index contributed by atoms with van der Waals surface area (Å²) < 4.78 is 0. The predicted octanol–water partition coefficient (Wildman–Crippen LogP) is 3.08. The number of fused-ring (bicyclic) bond motifs is 1. The van der Waals surface area contributed by atoms with E-state index in [1.807, 2.05) is 24.3 Å². The molecule has 1 aliphatic rings. The molecule has 23 heavy (non-hydrogen) atoms. The highest BCUT2D eigenvalue weighted by molar-refractivity contribution is 5.80. The van der Waals surface area contributed by atoms with Gasteiger partial charge in [-0.1, -0.05) is 25.5 Å². The summed E-state index contributed by atoms with van der Waals surface area (Å²) in [7, 11) is 0. The highest BCUT2D eigenvalue weighted by atomic mass is 16.2. The summed E-state index contributed by atoms with van der Waals surface area (Å²) in [4.78, 5) is 22.7. The van der Waals surface area contributed by atoms with Gasteiger partial charge < -0.3 is 15.2 Å². The number of hydrogen-bond donors (Lipinski definition) is 2. The molecule has 5 nitrogen and oxygen atoms in total. The van der Waals surface area contributed by atoms with Crippen LogP contribution < -0.4 is 10.2 Å². The van der Waals surface area contributed by atoms with Gasteiger partial charge in [-0.3, -0.25) is 4.79 Å². The van der Waals surface area contributed by atoms with Crippen molar-refractivity contribution in [1.82, 2.24) is 15.3 Å². The third kappa shape index (κ3) is 3.66. The second-order valence-corrected chi connectivity index (χ2v) is 6.56. The van der Waals surface area contributed by atoms with Crippen LogP contribution in [-0.2, 0) is 4.79 Å². The highest BCUT2D eigenvalue weighted by Gasteiger charge is 2.27. The van der Waals surface area contributed by atoms with Crippen LogP contribution in [0.1, 0.15) is 39.5 Å². The SMILES string of the molecule is CCCC(C)NC(=O)C1CCCN(c2nc3ccccc3[nH]2)C1. The Morgan fingerprint density at radius 1 is 1.48 bits per heavy atom. The lowest BCUT2D eigenvalue weighted by Crippen LogP contribution is -2.45. The molecule has 0 aliphatic carbocycles. The first kappa shape index (κ1) is 15.8. The molecule has 1 aliphatic heterocycles. The molecule has 0 bridgehead atoms. The van der Waals surface area contributed by atoms with E-state index in [1.54, 1.807) is 0 Å². The fourth-order valence-corrected chi connectivity index (χ4v) is 3.34. The van der Waals surface area contributed by atoms with E-state index in [0.29, 0.717) is 0 Å². The predicted molar refractivity (Wildman–Crippen MR) is 93.5 cm³/mol. The van der Waals surface area contributed by atoms with Gasteiger partial charge in [0.05, 0.1) is 17.0 Å². The Labute approximate surface area is 137 Å². The summed E-state index contributed by atoms with van der Waals surface area (Å²) in [6, 6.07) is 8.30. The molecule has 0 spiro atoms. The van der Waals surface area contributed by atoms with Crippen molar-refractivity contribution < 1.29 is 4.79 Å². The number of imidazole rings is 1. The van der Waals surface area contributed by atoms with Crippen LogP contribution in [-0.4, -0.2) is 35.0 Å². The molecular formula is C18H26N4O. The van der Waals surface area contributed by atoms with Crippen LogP contribution in [0.15, 0.2) is 24.3 Å². The van der Waals surface area contributed by atoms with Crippen LogP contribution in [0.2, 0.25) is 0 Å². The van der Waals surface area contributed by atoms with E-state index < -0.39 is 0 Å². The zero-order valence-corrected chi connectivity index (χ0v) is 14.0. The maximum absolute atomic E-state index is 12.5. The zero-order chi connectivity index (χ0) is 16.2. The lowest BCUT2D eigenvalue weighted by molar-refractivity contribution is -0.125. The maximum Gasteiger partial charge on any atom is 0.225 e. The molecule has 5 heteroatoms. The molecule has 3 rings (SSSR count). The minimum Gasteiger partial charge on any atom is -0.353 e. The minimum atomic E-state index is 0.0521. The Bertz CT molecular complexity index is 633. The number of piperidine rings is 1. The molecule has 0 saturated carbocycles. The van der Waals surface area contributed by atoms with Crippen LogP contribution >= 0.6 is 0 Å². The summed E-state index contributed by atoms with van der Waals surface area (Å²) in [6.07, 6.45) is 4.11. The fraction of sp³-hybridized carbons (Fsp3) is 0.556. The summed E-state index contributed by atoms with van der Waals surface area (Å²) in [6.45, 7) is 5.92. The zero-order valence-electron chi connectivity index (χ0n) is 14.0. The maximum atomic E-state index is 12.5.